The maximum Gasteiger partial charge on any atom is 0.0942 e. The lowest BCUT2D eigenvalue weighted by molar-refractivity contribution is 0.105. The first-order chi connectivity index (χ1) is 9.99. The van der Waals surface area contributed by atoms with E-state index in [1.807, 2.05) is 18.2 Å². The second-order valence-electron chi connectivity index (χ2n) is 6.23. The molecule has 1 aliphatic heterocycles. The van der Waals surface area contributed by atoms with Gasteiger partial charge >= 0.3 is 0 Å². The van der Waals surface area contributed by atoms with Crippen LogP contribution in [0.4, 0.5) is 11.4 Å². The summed E-state index contributed by atoms with van der Waals surface area (Å²) >= 11 is 6.41. The molecule has 1 aliphatic rings. The fourth-order valence-corrected chi connectivity index (χ4v) is 3.33. The van der Waals surface area contributed by atoms with Crippen molar-refractivity contribution in [3.8, 4) is 0 Å². The van der Waals surface area contributed by atoms with E-state index in [1.165, 1.54) is 6.42 Å². The largest absolute Gasteiger partial charge is 0.394 e. The highest BCUT2D eigenvalue weighted by Crippen LogP contribution is 2.33. The van der Waals surface area contributed by atoms with Crippen LogP contribution >= 0.6 is 11.6 Å². The van der Waals surface area contributed by atoms with Gasteiger partial charge < -0.3 is 20.4 Å². The van der Waals surface area contributed by atoms with Gasteiger partial charge in [0.25, 0.3) is 0 Å². The van der Waals surface area contributed by atoms with E-state index in [2.05, 4.69) is 24.1 Å². The van der Waals surface area contributed by atoms with Crippen LogP contribution in [0.3, 0.4) is 0 Å². The molecule has 2 rings (SSSR count). The zero-order chi connectivity index (χ0) is 15.4. The van der Waals surface area contributed by atoms with E-state index >= 15 is 0 Å². The van der Waals surface area contributed by atoms with Crippen LogP contribution in [0.15, 0.2) is 18.2 Å². The summed E-state index contributed by atoms with van der Waals surface area (Å²) in [5.41, 5.74) is 1.93. The Morgan fingerprint density at radius 3 is 2.57 bits per heavy atom. The minimum absolute atomic E-state index is 0.248. The van der Waals surface area contributed by atoms with Crippen LogP contribution in [0.2, 0.25) is 5.02 Å². The SMILES string of the molecule is CC1CC(C)CN(c2ccc(NCC(O)CO)cc2Cl)C1. The number of nitrogens with zero attached hydrogens (tertiary/aromatic N) is 1. The number of hydrogen-bond donors (Lipinski definition) is 3. The molecule has 0 spiro atoms. The van der Waals surface area contributed by atoms with Crippen LogP contribution < -0.4 is 10.2 Å². The molecular weight excluding hydrogens is 288 g/mol. The molecule has 118 valence electrons. The summed E-state index contributed by atoms with van der Waals surface area (Å²) < 4.78 is 0. The predicted molar refractivity (Wildman–Crippen MR) is 88.2 cm³/mol. The minimum Gasteiger partial charge on any atom is -0.394 e. The quantitative estimate of drug-likeness (QED) is 0.782. The molecule has 1 heterocycles. The van der Waals surface area contributed by atoms with Crippen molar-refractivity contribution in [2.75, 3.05) is 36.5 Å². The van der Waals surface area contributed by atoms with Crippen molar-refractivity contribution in [1.82, 2.24) is 0 Å². The lowest BCUT2D eigenvalue weighted by Gasteiger charge is -2.37. The second-order valence-corrected chi connectivity index (χ2v) is 6.64. The molecule has 4 nitrogen and oxygen atoms in total. The molecule has 1 aromatic carbocycles. The zero-order valence-electron chi connectivity index (χ0n) is 12.7. The lowest BCUT2D eigenvalue weighted by Crippen LogP contribution is -2.38. The highest BCUT2D eigenvalue weighted by atomic mass is 35.5. The van der Waals surface area contributed by atoms with Gasteiger partial charge in [0.05, 0.1) is 23.4 Å². The van der Waals surface area contributed by atoms with Gasteiger partial charge in [0.15, 0.2) is 0 Å². The smallest absolute Gasteiger partial charge is 0.0942 e. The Labute approximate surface area is 131 Å². The van der Waals surface area contributed by atoms with Gasteiger partial charge in [-0.05, 0) is 36.5 Å². The molecule has 0 amide bonds. The fourth-order valence-electron chi connectivity index (χ4n) is 3.03. The van der Waals surface area contributed by atoms with Crippen molar-refractivity contribution in [3.05, 3.63) is 23.2 Å². The summed E-state index contributed by atoms with van der Waals surface area (Å²) in [5, 5.41) is 22.0. The van der Waals surface area contributed by atoms with Crippen LogP contribution in [-0.4, -0.2) is 42.6 Å². The Kier molecular flexibility index (Phi) is 5.73. The van der Waals surface area contributed by atoms with Crippen LogP contribution in [0.25, 0.3) is 0 Å². The van der Waals surface area contributed by atoms with Gasteiger partial charge in [-0.25, -0.2) is 0 Å². The monoisotopic (exact) mass is 312 g/mol. The fraction of sp³-hybridized carbons (Fsp3) is 0.625. The van der Waals surface area contributed by atoms with Crippen LogP contribution in [0.1, 0.15) is 20.3 Å². The molecule has 0 saturated carbocycles. The summed E-state index contributed by atoms with van der Waals surface area (Å²) in [6.45, 7) is 6.71. The molecule has 0 aromatic heterocycles. The van der Waals surface area contributed by atoms with E-state index < -0.39 is 6.10 Å². The Morgan fingerprint density at radius 1 is 1.33 bits per heavy atom. The highest BCUT2D eigenvalue weighted by molar-refractivity contribution is 6.33. The number of nitrogens with one attached hydrogen (secondary N) is 1. The number of aliphatic hydroxyl groups excluding tert-OH is 2. The number of rotatable bonds is 5. The Morgan fingerprint density at radius 2 is 2.00 bits per heavy atom. The molecule has 3 unspecified atom stereocenters. The van der Waals surface area contributed by atoms with Gasteiger partial charge in [-0.1, -0.05) is 25.4 Å². The molecule has 0 aliphatic carbocycles. The van der Waals surface area contributed by atoms with E-state index in [1.54, 1.807) is 0 Å². The van der Waals surface area contributed by atoms with E-state index in [9.17, 15) is 5.11 Å². The Hall–Kier alpha value is -0.970. The molecule has 3 N–H and O–H groups in total. The molecule has 3 atom stereocenters. The number of halogens is 1. The third-order valence-electron chi connectivity index (χ3n) is 3.91. The average Bonchev–Trinajstić information content (AvgIpc) is 2.43. The normalized spacial score (nSPS) is 24.0. The lowest BCUT2D eigenvalue weighted by atomic mass is 9.91. The summed E-state index contributed by atoms with van der Waals surface area (Å²) in [6, 6.07) is 5.88. The van der Waals surface area contributed by atoms with Gasteiger partial charge in [-0.3, -0.25) is 0 Å². The Bertz CT molecular complexity index is 460. The van der Waals surface area contributed by atoms with E-state index in [-0.39, 0.29) is 6.61 Å². The third-order valence-corrected chi connectivity index (χ3v) is 4.21. The highest BCUT2D eigenvalue weighted by Gasteiger charge is 2.23. The first kappa shape index (κ1) is 16.4. The number of benzene rings is 1. The number of hydrogen-bond acceptors (Lipinski definition) is 4. The van der Waals surface area contributed by atoms with Gasteiger partial charge in [-0.15, -0.1) is 0 Å². The van der Waals surface area contributed by atoms with Crippen LogP contribution in [-0.2, 0) is 0 Å². The molecule has 21 heavy (non-hydrogen) atoms. The second kappa shape index (κ2) is 7.34. The van der Waals surface area contributed by atoms with E-state index in [4.69, 9.17) is 16.7 Å². The summed E-state index contributed by atoms with van der Waals surface area (Å²) in [6.07, 6.45) is 0.513. The van der Waals surface area contributed by atoms with Crippen molar-refractivity contribution in [3.63, 3.8) is 0 Å². The van der Waals surface area contributed by atoms with Gasteiger partial charge in [0.2, 0.25) is 0 Å². The number of piperidine rings is 1. The first-order valence-electron chi connectivity index (χ1n) is 7.57. The zero-order valence-corrected chi connectivity index (χ0v) is 13.5. The standard InChI is InChI=1S/C16H25ClN2O2/c1-11-5-12(2)9-19(8-11)16-4-3-13(6-15(16)17)18-7-14(21)10-20/h3-4,6,11-12,14,18,20-21H,5,7-10H2,1-2H3. The average molecular weight is 313 g/mol. The number of anilines is 2. The van der Waals surface area contributed by atoms with Gasteiger partial charge in [0.1, 0.15) is 0 Å². The molecule has 5 heteroatoms. The summed E-state index contributed by atoms with van der Waals surface area (Å²) in [5.74, 6) is 1.37. The molecule has 1 saturated heterocycles. The Balaban J connectivity index is 2.05. The van der Waals surface area contributed by atoms with Crippen molar-refractivity contribution in [2.24, 2.45) is 11.8 Å². The summed E-state index contributed by atoms with van der Waals surface area (Å²) in [7, 11) is 0. The molecule has 1 aromatic rings. The van der Waals surface area contributed by atoms with Crippen molar-refractivity contribution < 1.29 is 10.2 Å². The molecule has 1 fully saturated rings. The number of aliphatic hydroxyl groups is 2. The predicted octanol–water partition coefficient (Wildman–Crippen LogP) is 2.59. The molecular formula is C16H25ClN2O2. The molecule has 0 radical (unpaired) electrons. The van der Waals surface area contributed by atoms with Crippen LogP contribution in [0, 0.1) is 11.8 Å². The third kappa shape index (κ3) is 4.50. The van der Waals surface area contributed by atoms with Gasteiger partial charge in [0, 0.05) is 25.3 Å². The first-order valence-corrected chi connectivity index (χ1v) is 7.94. The van der Waals surface area contributed by atoms with Gasteiger partial charge in [-0.2, -0.15) is 0 Å². The maximum absolute atomic E-state index is 9.35. The van der Waals surface area contributed by atoms with Crippen molar-refractivity contribution in [1.29, 1.82) is 0 Å². The topological polar surface area (TPSA) is 55.7 Å². The minimum atomic E-state index is -0.757. The van der Waals surface area contributed by atoms with E-state index in [0.717, 1.165) is 29.5 Å². The van der Waals surface area contributed by atoms with Crippen molar-refractivity contribution in [2.45, 2.75) is 26.4 Å². The van der Waals surface area contributed by atoms with Crippen LogP contribution in [0.5, 0.6) is 0 Å². The summed E-state index contributed by atoms with van der Waals surface area (Å²) in [4.78, 5) is 2.35. The van der Waals surface area contributed by atoms with Crippen molar-refractivity contribution >= 4 is 23.0 Å². The van der Waals surface area contributed by atoms with E-state index in [0.29, 0.717) is 18.4 Å². The maximum atomic E-state index is 9.35. The molecule has 0 bridgehead atoms.